The zero-order valence-electron chi connectivity index (χ0n) is 12.2. The molecule has 6 nitrogen and oxygen atoms in total. The van der Waals surface area contributed by atoms with Crippen LogP contribution in [-0.4, -0.2) is 25.6 Å². The zero-order valence-corrected chi connectivity index (χ0v) is 13.1. The van der Waals surface area contributed by atoms with E-state index in [0.29, 0.717) is 6.61 Å². The lowest BCUT2D eigenvalue weighted by Crippen LogP contribution is -2.21. The molecule has 1 aliphatic carbocycles. The summed E-state index contributed by atoms with van der Waals surface area (Å²) in [5, 5.41) is 5.15. The molecule has 0 unspecified atom stereocenters. The quantitative estimate of drug-likeness (QED) is 0.617. The molecule has 1 heterocycles. The summed E-state index contributed by atoms with van der Waals surface area (Å²) >= 11 is 0. The van der Waals surface area contributed by atoms with Gasteiger partial charge in [-0.05, 0) is 31.7 Å². The van der Waals surface area contributed by atoms with Crippen LogP contribution in [0.4, 0.5) is 0 Å². The Morgan fingerprint density at radius 3 is 2.67 bits per heavy atom. The summed E-state index contributed by atoms with van der Waals surface area (Å²) in [6, 6.07) is 1.48. The molecule has 1 saturated carbocycles. The fourth-order valence-electron chi connectivity index (χ4n) is 2.33. The fourth-order valence-corrected chi connectivity index (χ4v) is 2.87. The van der Waals surface area contributed by atoms with Crippen LogP contribution in [0.3, 0.4) is 0 Å². The second kappa shape index (κ2) is 6.62. The number of hydrogen-bond donors (Lipinski definition) is 1. The van der Waals surface area contributed by atoms with Crippen molar-refractivity contribution in [2.45, 2.75) is 56.4 Å². The van der Waals surface area contributed by atoms with Gasteiger partial charge in [0.25, 0.3) is 0 Å². The minimum Gasteiger partial charge on any atom is -0.461 e. The number of aromatic nitrogens is 1. The van der Waals surface area contributed by atoms with Crippen LogP contribution in [0.15, 0.2) is 17.2 Å². The number of unbranched alkanes of at least 4 members (excludes halogenated alkanes) is 2. The van der Waals surface area contributed by atoms with Crippen LogP contribution in [-0.2, 0) is 14.8 Å². The Morgan fingerprint density at radius 1 is 1.43 bits per heavy atom. The third-order valence-electron chi connectivity index (χ3n) is 3.81. The summed E-state index contributed by atoms with van der Waals surface area (Å²) in [4.78, 5) is 12.1. The Kier molecular flexibility index (Phi) is 5.05. The molecule has 1 aliphatic rings. The second-order valence-corrected chi connectivity index (χ2v) is 7.00. The number of nitrogens with zero attached hydrogens (tertiary/aromatic N) is 1. The molecule has 21 heavy (non-hydrogen) atoms. The maximum absolute atomic E-state index is 12.1. The molecule has 1 aromatic rings. The fraction of sp³-hybridized carbons (Fsp3) is 0.643. The van der Waals surface area contributed by atoms with Crippen LogP contribution in [0.2, 0.25) is 0 Å². The second-order valence-electron chi connectivity index (χ2n) is 5.44. The average molecular weight is 314 g/mol. The molecule has 0 radical (unpaired) electrons. The lowest BCUT2D eigenvalue weighted by Gasteiger charge is -2.28. The minimum absolute atomic E-state index is 0.0325. The van der Waals surface area contributed by atoms with Gasteiger partial charge < -0.3 is 9.30 Å². The summed E-state index contributed by atoms with van der Waals surface area (Å²) in [6.45, 7) is 2.43. The first-order chi connectivity index (χ1) is 9.93. The Balaban J connectivity index is 2.16. The first-order valence-electron chi connectivity index (χ1n) is 7.35. The van der Waals surface area contributed by atoms with E-state index in [9.17, 15) is 13.2 Å². The molecule has 0 amide bonds. The molecule has 1 aromatic heterocycles. The molecule has 0 atom stereocenters. The number of carbonyl (C=O) groups is 1. The van der Waals surface area contributed by atoms with Gasteiger partial charge in [0.1, 0.15) is 10.6 Å². The predicted octanol–water partition coefficient (Wildman–Crippen LogP) is 2.21. The lowest BCUT2D eigenvalue weighted by atomic mass is 9.93. The standard InChI is InChI=1S/C14H22N2O4S/c1-2-3-4-8-20-14(17)13-9-12(21(15,18)19)10-16(13)11-6-5-7-11/h9-11H,2-8H2,1H3,(H2,15,18,19). The van der Waals surface area contributed by atoms with Crippen LogP contribution >= 0.6 is 0 Å². The third-order valence-corrected chi connectivity index (χ3v) is 4.69. The number of primary sulfonamides is 1. The minimum atomic E-state index is -3.81. The van der Waals surface area contributed by atoms with Gasteiger partial charge in [0.2, 0.25) is 10.0 Å². The van der Waals surface area contributed by atoms with Gasteiger partial charge in [-0.2, -0.15) is 0 Å². The van der Waals surface area contributed by atoms with Gasteiger partial charge in [-0.15, -0.1) is 0 Å². The van der Waals surface area contributed by atoms with Gasteiger partial charge in [0.15, 0.2) is 0 Å². The number of ether oxygens (including phenoxy) is 1. The SMILES string of the molecule is CCCCCOC(=O)c1cc(S(N)(=O)=O)cn1C1CCC1. The molecule has 0 bridgehead atoms. The smallest absolute Gasteiger partial charge is 0.354 e. The Labute approximate surface area is 125 Å². The number of esters is 1. The highest BCUT2D eigenvalue weighted by atomic mass is 32.2. The largest absolute Gasteiger partial charge is 0.461 e. The Hall–Kier alpha value is -1.34. The number of hydrogen-bond acceptors (Lipinski definition) is 4. The highest BCUT2D eigenvalue weighted by Crippen LogP contribution is 2.34. The molecule has 118 valence electrons. The normalized spacial score (nSPS) is 15.7. The first-order valence-corrected chi connectivity index (χ1v) is 8.90. The van der Waals surface area contributed by atoms with E-state index in [0.717, 1.165) is 38.5 Å². The molecule has 0 spiro atoms. The van der Waals surface area contributed by atoms with Gasteiger partial charge in [0, 0.05) is 12.2 Å². The first kappa shape index (κ1) is 16.0. The van der Waals surface area contributed by atoms with Crippen LogP contribution in [0, 0.1) is 0 Å². The highest BCUT2D eigenvalue weighted by molar-refractivity contribution is 7.89. The van der Waals surface area contributed by atoms with Gasteiger partial charge in [0.05, 0.1) is 6.61 Å². The monoisotopic (exact) mass is 314 g/mol. The van der Waals surface area contributed by atoms with E-state index in [2.05, 4.69) is 6.92 Å². The molecular weight excluding hydrogens is 292 g/mol. The summed E-state index contributed by atoms with van der Waals surface area (Å²) < 4.78 is 29.8. The van der Waals surface area contributed by atoms with Crippen LogP contribution < -0.4 is 5.14 Å². The third kappa shape index (κ3) is 3.85. The van der Waals surface area contributed by atoms with E-state index in [1.807, 2.05) is 0 Å². The van der Waals surface area contributed by atoms with Crippen molar-refractivity contribution in [1.82, 2.24) is 4.57 Å². The predicted molar refractivity (Wildman–Crippen MR) is 78.5 cm³/mol. The van der Waals surface area contributed by atoms with E-state index in [1.54, 1.807) is 4.57 Å². The molecule has 0 saturated heterocycles. The molecule has 0 aliphatic heterocycles. The highest BCUT2D eigenvalue weighted by Gasteiger charge is 2.27. The summed E-state index contributed by atoms with van der Waals surface area (Å²) in [5.41, 5.74) is 0.278. The van der Waals surface area contributed by atoms with Crippen LogP contribution in [0.5, 0.6) is 0 Å². The number of rotatable bonds is 7. The van der Waals surface area contributed by atoms with Crippen molar-refractivity contribution in [3.63, 3.8) is 0 Å². The molecule has 7 heteroatoms. The van der Waals surface area contributed by atoms with E-state index in [1.165, 1.54) is 12.3 Å². The molecule has 0 aromatic carbocycles. The molecule has 2 N–H and O–H groups in total. The summed E-state index contributed by atoms with van der Waals surface area (Å²) in [7, 11) is -3.81. The van der Waals surface area contributed by atoms with Gasteiger partial charge in [-0.3, -0.25) is 0 Å². The maximum atomic E-state index is 12.1. The van der Waals surface area contributed by atoms with E-state index in [-0.39, 0.29) is 16.6 Å². The van der Waals surface area contributed by atoms with E-state index in [4.69, 9.17) is 9.88 Å². The Morgan fingerprint density at radius 2 is 2.14 bits per heavy atom. The van der Waals surface area contributed by atoms with Crippen molar-refractivity contribution in [3.8, 4) is 0 Å². The number of nitrogens with two attached hydrogens (primary N) is 1. The summed E-state index contributed by atoms with van der Waals surface area (Å²) in [6.07, 6.45) is 7.27. The van der Waals surface area contributed by atoms with Crippen molar-refractivity contribution in [2.75, 3.05) is 6.61 Å². The summed E-state index contributed by atoms with van der Waals surface area (Å²) in [5.74, 6) is -0.479. The average Bonchev–Trinajstić information content (AvgIpc) is 2.77. The maximum Gasteiger partial charge on any atom is 0.354 e. The van der Waals surface area contributed by atoms with Crippen molar-refractivity contribution in [1.29, 1.82) is 0 Å². The number of carbonyl (C=O) groups excluding carboxylic acids is 1. The van der Waals surface area contributed by atoms with Gasteiger partial charge in [-0.1, -0.05) is 19.8 Å². The van der Waals surface area contributed by atoms with Crippen molar-refractivity contribution < 1.29 is 17.9 Å². The van der Waals surface area contributed by atoms with E-state index < -0.39 is 16.0 Å². The zero-order chi connectivity index (χ0) is 15.5. The van der Waals surface area contributed by atoms with Gasteiger partial charge >= 0.3 is 5.97 Å². The van der Waals surface area contributed by atoms with Crippen LogP contribution in [0.25, 0.3) is 0 Å². The number of sulfonamides is 1. The van der Waals surface area contributed by atoms with Crippen LogP contribution in [0.1, 0.15) is 62.0 Å². The van der Waals surface area contributed by atoms with Crippen molar-refractivity contribution in [2.24, 2.45) is 5.14 Å². The topological polar surface area (TPSA) is 91.4 Å². The molecule has 2 rings (SSSR count). The molecule has 1 fully saturated rings. The van der Waals surface area contributed by atoms with E-state index >= 15 is 0 Å². The Bertz CT molecular complexity index is 602. The van der Waals surface area contributed by atoms with Crippen molar-refractivity contribution >= 4 is 16.0 Å². The molecular formula is C14H22N2O4S. The van der Waals surface area contributed by atoms with Crippen molar-refractivity contribution in [3.05, 3.63) is 18.0 Å². The van der Waals surface area contributed by atoms with Gasteiger partial charge in [-0.25, -0.2) is 18.4 Å². The lowest BCUT2D eigenvalue weighted by molar-refractivity contribution is 0.0479.